The predicted molar refractivity (Wildman–Crippen MR) is 80.5 cm³/mol. The predicted octanol–water partition coefficient (Wildman–Crippen LogP) is 1.91. The van der Waals surface area contributed by atoms with Crippen LogP contribution in [-0.4, -0.2) is 61.5 Å². The fourth-order valence-electron chi connectivity index (χ4n) is 2.43. The molecule has 0 spiro atoms. The first-order valence-corrected chi connectivity index (χ1v) is 7.37. The van der Waals surface area contributed by atoms with Gasteiger partial charge in [0.2, 0.25) is 0 Å². The van der Waals surface area contributed by atoms with Gasteiger partial charge in [0.1, 0.15) is 12.4 Å². The van der Waals surface area contributed by atoms with Crippen LogP contribution in [0.15, 0.2) is 24.3 Å². The maximum absolute atomic E-state index is 11.3. The van der Waals surface area contributed by atoms with E-state index < -0.39 is 0 Å². The lowest BCUT2D eigenvalue weighted by Gasteiger charge is -2.33. The molecule has 1 aliphatic heterocycles. The summed E-state index contributed by atoms with van der Waals surface area (Å²) in [7, 11) is 0. The molecule has 1 heterocycles. The molecule has 0 N–H and O–H groups in total. The molecule has 0 radical (unpaired) electrons. The largest absolute Gasteiger partial charge is 0.492 e. The van der Waals surface area contributed by atoms with Crippen LogP contribution in [0.5, 0.6) is 5.75 Å². The molecule has 0 bridgehead atoms. The molecule has 0 unspecified atom stereocenters. The normalized spacial score (nSPS) is 17.1. The number of likely N-dealkylation sites (N-methyl/N-ethyl adjacent to an activating group) is 1. The minimum absolute atomic E-state index is 0.0751. The van der Waals surface area contributed by atoms with E-state index in [-0.39, 0.29) is 5.78 Å². The Morgan fingerprint density at radius 3 is 2.55 bits per heavy atom. The zero-order valence-electron chi connectivity index (χ0n) is 12.5. The standard InChI is InChI=1S/C16H24N2O2/c1-3-17-7-9-18(10-8-17)11-12-20-16-6-4-5-15(13-16)14(2)19/h4-6,13H,3,7-12H2,1-2H3. The average Bonchev–Trinajstić information content (AvgIpc) is 2.48. The molecule has 1 aliphatic rings. The minimum atomic E-state index is 0.0751. The van der Waals surface area contributed by atoms with Crippen LogP contribution in [0.4, 0.5) is 0 Å². The first-order chi connectivity index (χ1) is 9.69. The van der Waals surface area contributed by atoms with Crippen molar-refractivity contribution in [3.8, 4) is 5.75 Å². The molecule has 4 nitrogen and oxygen atoms in total. The monoisotopic (exact) mass is 276 g/mol. The van der Waals surface area contributed by atoms with Crippen LogP contribution in [0.1, 0.15) is 24.2 Å². The molecule has 2 rings (SSSR count). The molecule has 20 heavy (non-hydrogen) atoms. The van der Waals surface area contributed by atoms with Crippen LogP contribution in [0.25, 0.3) is 0 Å². The lowest BCUT2D eigenvalue weighted by Crippen LogP contribution is -2.47. The lowest BCUT2D eigenvalue weighted by atomic mass is 10.1. The molecule has 0 amide bonds. The van der Waals surface area contributed by atoms with E-state index in [0.29, 0.717) is 12.2 Å². The van der Waals surface area contributed by atoms with Crippen molar-refractivity contribution in [3.63, 3.8) is 0 Å². The van der Waals surface area contributed by atoms with E-state index in [4.69, 9.17) is 4.74 Å². The summed E-state index contributed by atoms with van der Waals surface area (Å²) in [5.41, 5.74) is 0.707. The van der Waals surface area contributed by atoms with Crippen molar-refractivity contribution in [1.82, 2.24) is 9.80 Å². The Kier molecular flexibility index (Phi) is 5.56. The molecular weight excluding hydrogens is 252 g/mol. The van der Waals surface area contributed by atoms with Crippen LogP contribution in [0, 0.1) is 0 Å². The number of ketones is 1. The third-order valence-corrected chi connectivity index (χ3v) is 3.83. The number of ether oxygens (including phenoxy) is 1. The Bertz CT molecular complexity index is 440. The Morgan fingerprint density at radius 2 is 1.90 bits per heavy atom. The number of nitrogens with zero attached hydrogens (tertiary/aromatic N) is 2. The summed E-state index contributed by atoms with van der Waals surface area (Å²) in [5.74, 6) is 0.857. The molecule has 1 fully saturated rings. The Morgan fingerprint density at radius 1 is 1.20 bits per heavy atom. The van der Waals surface area contributed by atoms with Crippen LogP contribution in [0.3, 0.4) is 0 Å². The maximum atomic E-state index is 11.3. The zero-order chi connectivity index (χ0) is 14.4. The first-order valence-electron chi connectivity index (χ1n) is 7.37. The number of piperazine rings is 1. The average molecular weight is 276 g/mol. The molecule has 1 aromatic carbocycles. The second-order valence-corrected chi connectivity index (χ2v) is 5.21. The summed E-state index contributed by atoms with van der Waals surface area (Å²) in [6.07, 6.45) is 0. The minimum Gasteiger partial charge on any atom is -0.492 e. The van der Waals surface area contributed by atoms with Crippen LogP contribution in [0.2, 0.25) is 0 Å². The zero-order valence-corrected chi connectivity index (χ0v) is 12.5. The van der Waals surface area contributed by atoms with Gasteiger partial charge < -0.3 is 9.64 Å². The van der Waals surface area contributed by atoms with Crippen LogP contribution in [-0.2, 0) is 0 Å². The molecule has 0 saturated carbocycles. The van der Waals surface area contributed by atoms with Crippen molar-refractivity contribution in [2.45, 2.75) is 13.8 Å². The number of Topliss-reactive ketones (excluding diaryl/α,β-unsaturated/α-hetero) is 1. The van der Waals surface area contributed by atoms with Crippen molar-refractivity contribution in [3.05, 3.63) is 29.8 Å². The van der Waals surface area contributed by atoms with E-state index in [2.05, 4.69) is 16.7 Å². The topological polar surface area (TPSA) is 32.8 Å². The van der Waals surface area contributed by atoms with Crippen LogP contribution >= 0.6 is 0 Å². The second-order valence-electron chi connectivity index (χ2n) is 5.21. The highest BCUT2D eigenvalue weighted by Gasteiger charge is 2.14. The van der Waals surface area contributed by atoms with Gasteiger partial charge >= 0.3 is 0 Å². The molecule has 0 atom stereocenters. The van der Waals surface area contributed by atoms with Crippen molar-refractivity contribution in [2.24, 2.45) is 0 Å². The van der Waals surface area contributed by atoms with E-state index in [1.807, 2.05) is 24.3 Å². The molecule has 1 aromatic rings. The summed E-state index contributed by atoms with van der Waals surface area (Å²) in [4.78, 5) is 16.2. The quantitative estimate of drug-likeness (QED) is 0.743. The molecule has 4 heteroatoms. The van der Waals surface area contributed by atoms with E-state index in [0.717, 1.165) is 45.0 Å². The maximum Gasteiger partial charge on any atom is 0.159 e. The lowest BCUT2D eigenvalue weighted by molar-refractivity contribution is 0.101. The number of rotatable bonds is 6. The highest BCUT2D eigenvalue weighted by Crippen LogP contribution is 2.13. The van der Waals surface area contributed by atoms with E-state index in [1.165, 1.54) is 0 Å². The number of carbonyl (C=O) groups excluding carboxylic acids is 1. The van der Waals surface area contributed by atoms with Gasteiger partial charge in [0, 0.05) is 38.3 Å². The van der Waals surface area contributed by atoms with Gasteiger partial charge in [0.25, 0.3) is 0 Å². The Balaban J connectivity index is 1.73. The van der Waals surface area contributed by atoms with Gasteiger partial charge in [-0.1, -0.05) is 19.1 Å². The van der Waals surface area contributed by atoms with Gasteiger partial charge in [-0.15, -0.1) is 0 Å². The first kappa shape index (κ1) is 15.0. The van der Waals surface area contributed by atoms with Crippen LogP contribution < -0.4 is 4.74 Å². The Hall–Kier alpha value is -1.39. The Labute approximate surface area is 121 Å². The number of carbonyl (C=O) groups is 1. The SMILES string of the molecule is CCN1CCN(CCOc2cccc(C(C)=O)c2)CC1. The molecule has 1 saturated heterocycles. The van der Waals surface area contributed by atoms with Crippen molar-refractivity contribution in [2.75, 3.05) is 45.9 Å². The second kappa shape index (κ2) is 7.41. The van der Waals surface area contributed by atoms with Crippen molar-refractivity contribution < 1.29 is 9.53 Å². The number of hydrogen-bond acceptors (Lipinski definition) is 4. The third-order valence-electron chi connectivity index (χ3n) is 3.83. The summed E-state index contributed by atoms with van der Waals surface area (Å²) >= 11 is 0. The number of benzene rings is 1. The smallest absolute Gasteiger partial charge is 0.159 e. The number of hydrogen-bond donors (Lipinski definition) is 0. The molecule has 0 aliphatic carbocycles. The fraction of sp³-hybridized carbons (Fsp3) is 0.562. The summed E-state index contributed by atoms with van der Waals surface area (Å²) in [6.45, 7) is 11.1. The van der Waals surface area contributed by atoms with Gasteiger partial charge in [-0.05, 0) is 25.6 Å². The summed E-state index contributed by atoms with van der Waals surface area (Å²) in [5, 5.41) is 0. The van der Waals surface area contributed by atoms with Gasteiger partial charge in [-0.25, -0.2) is 0 Å². The highest BCUT2D eigenvalue weighted by molar-refractivity contribution is 5.94. The molecule has 110 valence electrons. The summed E-state index contributed by atoms with van der Waals surface area (Å²) in [6, 6.07) is 7.41. The van der Waals surface area contributed by atoms with E-state index in [9.17, 15) is 4.79 Å². The van der Waals surface area contributed by atoms with Crippen molar-refractivity contribution in [1.29, 1.82) is 0 Å². The third kappa shape index (κ3) is 4.32. The van der Waals surface area contributed by atoms with Gasteiger partial charge in [0.05, 0.1) is 0 Å². The molecular formula is C16H24N2O2. The van der Waals surface area contributed by atoms with E-state index >= 15 is 0 Å². The van der Waals surface area contributed by atoms with Gasteiger partial charge in [-0.3, -0.25) is 9.69 Å². The summed E-state index contributed by atoms with van der Waals surface area (Å²) < 4.78 is 5.75. The highest BCUT2D eigenvalue weighted by atomic mass is 16.5. The molecule has 0 aromatic heterocycles. The van der Waals surface area contributed by atoms with Gasteiger partial charge in [0.15, 0.2) is 5.78 Å². The van der Waals surface area contributed by atoms with E-state index in [1.54, 1.807) is 6.92 Å². The van der Waals surface area contributed by atoms with Crippen molar-refractivity contribution >= 4 is 5.78 Å². The fourth-order valence-corrected chi connectivity index (χ4v) is 2.43. The van der Waals surface area contributed by atoms with Gasteiger partial charge in [-0.2, -0.15) is 0 Å².